The van der Waals surface area contributed by atoms with Gasteiger partial charge in [-0.05, 0) is 29.4 Å². The summed E-state index contributed by atoms with van der Waals surface area (Å²) in [6.45, 7) is 0. The Kier molecular flexibility index (Phi) is 2.77. The molecular formula is C10H5F3N2O3. The summed E-state index contributed by atoms with van der Waals surface area (Å²) in [5.41, 5.74) is -0.604. The summed E-state index contributed by atoms with van der Waals surface area (Å²) in [6, 6.07) is 3.95. The second-order valence-electron chi connectivity index (χ2n) is 3.30. The molecule has 2 aromatic rings. The molecule has 0 atom stereocenters. The van der Waals surface area contributed by atoms with Gasteiger partial charge in [0, 0.05) is 5.56 Å². The molecule has 0 aliphatic carbocycles. The number of aromatic nitrogens is 2. The molecule has 2 rings (SSSR count). The van der Waals surface area contributed by atoms with Crippen molar-refractivity contribution in [1.29, 1.82) is 0 Å². The standard InChI is InChI=1S/C10H5F3N2O3/c11-10(12,13)6-3-1-5(2-4-6)8-14-7(9(16)17)15-18-8/h1-4H,(H,16,17). The van der Waals surface area contributed by atoms with Crippen LogP contribution in [0.25, 0.3) is 11.5 Å². The number of alkyl halides is 3. The van der Waals surface area contributed by atoms with Crippen LogP contribution >= 0.6 is 0 Å². The minimum absolute atomic E-state index is 0.152. The van der Waals surface area contributed by atoms with Crippen molar-refractivity contribution in [3.05, 3.63) is 35.7 Å². The molecule has 0 unspecified atom stereocenters. The van der Waals surface area contributed by atoms with E-state index in [2.05, 4.69) is 14.7 Å². The third kappa shape index (κ3) is 2.31. The van der Waals surface area contributed by atoms with Crippen molar-refractivity contribution in [2.45, 2.75) is 6.18 Å². The van der Waals surface area contributed by atoms with Crippen LogP contribution in [0.15, 0.2) is 28.8 Å². The molecule has 94 valence electrons. The van der Waals surface area contributed by atoms with Gasteiger partial charge in [0.2, 0.25) is 0 Å². The number of aromatic carboxylic acids is 1. The fraction of sp³-hybridized carbons (Fsp3) is 0.100. The van der Waals surface area contributed by atoms with Gasteiger partial charge in [-0.3, -0.25) is 0 Å². The highest BCUT2D eigenvalue weighted by atomic mass is 19.4. The van der Waals surface area contributed by atoms with Gasteiger partial charge in [-0.25, -0.2) is 4.79 Å². The van der Waals surface area contributed by atoms with E-state index < -0.39 is 23.5 Å². The van der Waals surface area contributed by atoms with Crippen molar-refractivity contribution >= 4 is 5.97 Å². The molecule has 5 nitrogen and oxygen atoms in total. The van der Waals surface area contributed by atoms with Crippen LogP contribution in [0.5, 0.6) is 0 Å². The molecule has 1 aromatic carbocycles. The number of carboxylic acids is 1. The summed E-state index contributed by atoms with van der Waals surface area (Å²) in [5.74, 6) is -2.08. The van der Waals surface area contributed by atoms with Crippen LogP contribution in [0, 0.1) is 0 Å². The molecule has 0 saturated heterocycles. The summed E-state index contributed by atoms with van der Waals surface area (Å²) in [5, 5.41) is 11.7. The zero-order valence-corrected chi connectivity index (χ0v) is 8.60. The van der Waals surface area contributed by atoms with Gasteiger partial charge in [-0.2, -0.15) is 18.2 Å². The molecule has 0 radical (unpaired) electrons. The molecule has 0 amide bonds. The molecule has 18 heavy (non-hydrogen) atoms. The van der Waals surface area contributed by atoms with E-state index in [9.17, 15) is 18.0 Å². The second kappa shape index (κ2) is 4.13. The summed E-state index contributed by atoms with van der Waals surface area (Å²) < 4.78 is 41.5. The van der Waals surface area contributed by atoms with E-state index in [1.807, 2.05) is 0 Å². The normalized spacial score (nSPS) is 11.5. The summed E-state index contributed by atoms with van der Waals surface area (Å²) in [6.07, 6.45) is -4.43. The Balaban J connectivity index is 2.31. The average molecular weight is 258 g/mol. The number of hydrogen-bond acceptors (Lipinski definition) is 4. The predicted molar refractivity (Wildman–Crippen MR) is 51.7 cm³/mol. The highest BCUT2D eigenvalue weighted by Gasteiger charge is 2.30. The van der Waals surface area contributed by atoms with Crippen LogP contribution in [0.1, 0.15) is 16.2 Å². The maximum absolute atomic E-state index is 12.3. The van der Waals surface area contributed by atoms with Gasteiger partial charge in [-0.1, -0.05) is 0 Å². The molecular weight excluding hydrogens is 253 g/mol. The lowest BCUT2D eigenvalue weighted by molar-refractivity contribution is -0.137. The average Bonchev–Trinajstić information content (AvgIpc) is 2.77. The molecule has 0 saturated carbocycles. The van der Waals surface area contributed by atoms with Crippen LogP contribution in [-0.4, -0.2) is 21.2 Å². The third-order valence-electron chi connectivity index (χ3n) is 2.08. The zero-order valence-electron chi connectivity index (χ0n) is 8.60. The maximum atomic E-state index is 12.3. The maximum Gasteiger partial charge on any atom is 0.416 e. The van der Waals surface area contributed by atoms with Gasteiger partial charge >= 0.3 is 12.1 Å². The van der Waals surface area contributed by atoms with Crippen molar-refractivity contribution in [3.63, 3.8) is 0 Å². The number of halogens is 3. The van der Waals surface area contributed by atoms with Crippen LogP contribution in [0.2, 0.25) is 0 Å². The molecule has 8 heteroatoms. The van der Waals surface area contributed by atoms with Crippen molar-refractivity contribution in [3.8, 4) is 11.5 Å². The fourth-order valence-corrected chi connectivity index (χ4v) is 1.23. The molecule has 0 aliphatic heterocycles. The molecule has 0 bridgehead atoms. The Morgan fingerprint density at radius 3 is 2.28 bits per heavy atom. The molecule has 1 N–H and O–H groups in total. The first-order valence-corrected chi connectivity index (χ1v) is 4.62. The lowest BCUT2D eigenvalue weighted by atomic mass is 10.1. The molecule has 0 aliphatic rings. The lowest BCUT2D eigenvalue weighted by Gasteiger charge is -2.05. The van der Waals surface area contributed by atoms with Crippen LogP contribution in [0.3, 0.4) is 0 Å². The predicted octanol–water partition coefficient (Wildman–Crippen LogP) is 2.45. The first-order chi connectivity index (χ1) is 8.38. The first kappa shape index (κ1) is 12.1. The highest BCUT2D eigenvalue weighted by Crippen LogP contribution is 2.30. The van der Waals surface area contributed by atoms with Gasteiger partial charge < -0.3 is 9.63 Å². The van der Waals surface area contributed by atoms with Gasteiger partial charge in [-0.15, -0.1) is 0 Å². The fourth-order valence-electron chi connectivity index (χ4n) is 1.23. The molecule has 0 fully saturated rings. The van der Waals surface area contributed by atoms with Crippen molar-refractivity contribution in [2.75, 3.05) is 0 Å². The van der Waals surface area contributed by atoms with E-state index in [1.54, 1.807) is 0 Å². The number of rotatable bonds is 2. The quantitative estimate of drug-likeness (QED) is 0.895. The van der Waals surface area contributed by atoms with Gasteiger partial charge in [0.1, 0.15) is 0 Å². The minimum atomic E-state index is -4.43. The SMILES string of the molecule is O=C(O)c1noc(-c2ccc(C(F)(F)F)cc2)n1. The zero-order chi connectivity index (χ0) is 13.3. The summed E-state index contributed by atoms with van der Waals surface area (Å²) in [4.78, 5) is 14.0. The van der Waals surface area contributed by atoms with E-state index in [0.29, 0.717) is 0 Å². The van der Waals surface area contributed by atoms with Gasteiger partial charge in [0.25, 0.3) is 11.7 Å². The number of benzene rings is 1. The van der Waals surface area contributed by atoms with Crippen LogP contribution in [0.4, 0.5) is 13.2 Å². The second-order valence-corrected chi connectivity index (χ2v) is 3.30. The number of carboxylic acid groups (broad SMARTS) is 1. The Bertz CT molecular complexity index is 575. The van der Waals surface area contributed by atoms with E-state index in [1.165, 1.54) is 0 Å². The number of hydrogen-bond donors (Lipinski definition) is 1. The summed E-state index contributed by atoms with van der Waals surface area (Å²) in [7, 11) is 0. The monoisotopic (exact) mass is 258 g/mol. The van der Waals surface area contributed by atoms with Gasteiger partial charge in [0.05, 0.1) is 5.56 Å². The van der Waals surface area contributed by atoms with E-state index in [-0.39, 0.29) is 11.5 Å². The minimum Gasteiger partial charge on any atom is -0.475 e. The van der Waals surface area contributed by atoms with E-state index in [0.717, 1.165) is 24.3 Å². The van der Waals surface area contributed by atoms with Crippen molar-refractivity contribution in [1.82, 2.24) is 10.1 Å². The Hall–Kier alpha value is -2.38. The van der Waals surface area contributed by atoms with E-state index in [4.69, 9.17) is 5.11 Å². The molecule has 1 heterocycles. The number of nitrogens with zero attached hydrogens (tertiary/aromatic N) is 2. The van der Waals surface area contributed by atoms with Crippen molar-refractivity contribution in [2.24, 2.45) is 0 Å². The molecule has 1 aromatic heterocycles. The highest BCUT2D eigenvalue weighted by molar-refractivity contribution is 5.83. The Labute approximate surface area is 97.9 Å². The van der Waals surface area contributed by atoms with E-state index >= 15 is 0 Å². The largest absolute Gasteiger partial charge is 0.475 e. The Morgan fingerprint density at radius 1 is 1.22 bits per heavy atom. The van der Waals surface area contributed by atoms with Crippen LogP contribution < -0.4 is 0 Å². The molecule has 0 spiro atoms. The van der Waals surface area contributed by atoms with Gasteiger partial charge in [0.15, 0.2) is 0 Å². The van der Waals surface area contributed by atoms with Crippen molar-refractivity contribution < 1.29 is 27.6 Å². The third-order valence-corrected chi connectivity index (χ3v) is 2.08. The summed E-state index contributed by atoms with van der Waals surface area (Å²) >= 11 is 0. The topological polar surface area (TPSA) is 76.2 Å². The first-order valence-electron chi connectivity index (χ1n) is 4.62. The number of carbonyl (C=O) groups is 1. The van der Waals surface area contributed by atoms with Crippen LogP contribution in [-0.2, 0) is 6.18 Å². The Morgan fingerprint density at radius 2 is 1.83 bits per heavy atom. The smallest absolute Gasteiger partial charge is 0.416 e. The lowest BCUT2D eigenvalue weighted by Crippen LogP contribution is -2.04.